The molecule has 2 aromatic carbocycles. The average Bonchev–Trinajstić information content (AvgIpc) is 3.16. The summed E-state index contributed by atoms with van der Waals surface area (Å²) in [5.74, 6) is -0.851. The predicted molar refractivity (Wildman–Crippen MR) is 109 cm³/mol. The van der Waals surface area contributed by atoms with Crippen LogP contribution in [0, 0.1) is 5.82 Å². The van der Waals surface area contributed by atoms with Crippen LogP contribution in [-0.2, 0) is 10.0 Å². The van der Waals surface area contributed by atoms with Gasteiger partial charge < -0.3 is 9.88 Å². The van der Waals surface area contributed by atoms with Crippen molar-refractivity contribution in [1.29, 1.82) is 0 Å². The van der Waals surface area contributed by atoms with Crippen LogP contribution in [0.1, 0.15) is 27.8 Å². The smallest absolute Gasteiger partial charge is 0.270 e. The van der Waals surface area contributed by atoms with Crippen molar-refractivity contribution >= 4 is 32.6 Å². The Labute approximate surface area is 173 Å². The minimum Gasteiger partial charge on any atom is -0.351 e. The minimum absolute atomic E-state index is 0.0626. The van der Waals surface area contributed by atoms with E-state index in [1.54, 1.807) is 29.2 Å². The number of ketones is 1. The van der Waals surface area contributed by atoms with Crippen molar-refractivity contribution in [3.8, 4) is 0 Å². The second-order valence-electron chi connectivity index (χ2n) is 7.19. The van der Waals surface area contributed by atoms with Crippen molar-refractivity contribution in [2.24, 2.45) is 0 Å². The fourth-order valence-electron chi connectivity index (χ4n) is 3.55. The molecule has 7 nitrogen and oxygen atoms in total. The SMILES string of the molecule is CC(=O)c1cccc(S(=O)(=O)N2CCN(C(=O)c3cc4cc(F)ccc4[nH]3)CC2)c1. The Morgan fingerprint density at radius 3 is 2.43 bits per heavy atom. The molecule has 4 rings (SSSR count). The molecule has 156 valence electrons. The van der Waals surface area contributed by atoms with Gasteiger partial charge in [0.05, 0.1) is 4.90 Å². The molecule has 2 heterocycles. The number of Topliss-reactive ketones (excluding diaryl/α,β-unsaturated/α-hetero) is 1. The number of aromatic amines is 1. The summed E-state index contributed by atoms with van der Waals surface area (Å²) >= 11 is 0. The monoisotopic (exact) mass is 429 g/mol. The summed E-state index contributed by atoms with van der Waals surface area (Å²) in [5.41, 5.74) is 1.33. The molecule has 0 radical (unpaired) electrons. The first-order valence-electron chi connectivity index (χ1n) is 9.44. The number of amides is 1. The van der Waals surface area contributed by atoms with Crippen molar-refractivity contribution < 1.29 is 22.4 Å². The number of carbonyl (C=O) groups is 2. The van der Waals surface area contributed by atoms with E-state index in [1.807, 2.05) is 0 Å². The molecule has 30 heavy (non-hydrogen) atoms. The number of rotatable bonds is 4. The van der Waals surface area contributed by atoms with E-state index in [0.717, 1.165) is 0 Å². The molecule has 9 heteroatoms. The second-order valence-corrected chi connectivity index (χ2v) is 9.13. The number of hydrogen-bond donors (Lipinski definition) is 1. The largest absolute Gasteiger partial charge is 0.351 e. The van der Waals surface area contributed by atoms with E-state index in [9.17, 15) is 22.4 Å². The number of fused-ring (bicyclic) bond motifs is 1. The van der Waals surface area contributed by atoms with Crippen LogP contribution < -0.4 is 0 Å². The lowest BCUT2D eigenvalue weighted by atomic mass is 10.2. The number of nitrogens with one attached hydrogen (secondary N) is 1. The van der Waals surface area contributed by atoms with Crippen molar-refractivity contribution in [3.63, 3.8) is 0 Å². The van der Waals surface area contributed by atoms with Gasteiger partial charge in [-0.25, -0.2) is 12.8 Å². The maximum absolute atomic E-state index is 13.4. The number of halogens is 1. The lowest BCUT2D eigenvalue weighted by molar-refractivity contribution is 0.0692. The minimum atomic E-state index is -3.76. The summed E-state index contributed by atoms with van der Waals surface area (Å²) < 4.78 is 40.5. The third-order valence-electron chi connectivity index (χ3n) is 5.22. The maximum atomic E-state index is 13.4. The topological polar surface area (TPSA) is 90.6 Å². The van der Waals surface area contributed by atoms with Crippen molar-refractivity contribution in [3.05, 3.63) is 65.6 Å². The zero-order valence-electron chi connectivity index (χ0n) is 16.3. The average molecular weight is 429 g/mol. The summed E-state index contributed by atoms with van der Waals surface area (Å²) in [6.07, 6.45) is 0. The molecule has 0 bridgehead atoms. The fraction of sp³-hybridized carbons (Fsp3) is 0.238. The normalized spacial score (nSPS) is 15.5. The highest BCUT2D eigenvalue weighted by molar-refractivity contribution is 7.89. The first kappa shape index (κ1) is 20.2. The lowest BCUT2D eigenvalue weighted by Gasteiger charge is -2.33. The second kappa shape index (κ2) is 7.66. The summed E-state index contributed by atoms with van der Waals surface area (Å²) in [4.78, 5) is 29.0. The molecule has 1 N–H and O–H groups in total. The van der Waals surface area contributed by atoms with Gasteiger partial charge in [0.2, 0.25) is 10.0 Å². The van der Waals surface area contributed by atoms with Crippen molar-refractivity contribution in [2.75, 3.05) is 26.2 Å². The van der Waals surface area contributed by atoms with Crippen LogP contribution in [0.2, 0.25) is 0 Å². The molecular weight excluding hydrogens is 409 g/mol. The first-order chi connectivity index (χ1) is 14.3. The van der Waals surface area contributed by atoms with E-state index in [0.29, 0.717) is 22.2 Å². The number of aromatic nitrogens is 1. The van der Waals surface area contributed by atoms with Gasteiger partial charge in [-0.15, -0.1) is 0 Å². The van der Waals surface area contributed by atoms with Crippen LogP contribution >= 0.6 is 0 Å². The highest BCUT2D eigenvalue weighted by Gasteiger charge is 2.31. The van der Waals surface area contributed by atoms with Gasteiger partial charge in [0.15, 0.2) is 5.78 Å². The highest BCUT2D eigenvalue weighted by Crippen LogP contribution is 2.21. The molecule has 3 aromatic rings. The third-order valence-corrected chi connectivity index (χ3v) is 7.11. The molecule has 0 aliphatic carbocycles. The van der Waals surface area contributed by atoms with E-state index in [1.165, 1.54) is 35.5 Å². The van der Waals surface area contributed by atoms with Gasteiger partial charge >= 0.3 is 0 Å². The number of H-pyrrole nitrogens is 1. The number of benzene rings is 2. The van der Waals surface area contributed by atoms with Crippen LogP contribution in [0.25, 0.3) is 10.9 Å². The third kappa shape index (κ3) is 3.73. The van der Waals surface area contributed by atoms with Crippen LogP contribution in [0.3, 0.4) is 0 Å². The zero-order valence-corrected chi connectivity index (χ0v) is 17.1. The molecule has 1 aliphatic heterocycles. The van der Waals surface area contributed by atoms with Crippen LogP contribution in [-0.4, -0.2) is 60.5 Å². The van der Waals surface area contributed by atoms with Crippen LogP contribution in [0.5, 0.6) is 0 Å². The Morgan fingerprint density at radius 2 is 1.73 bits per heavy atom. The molecule has 0 spiro atoms. The molecule has 0 saturated carbocycles. The van der Waals surface area contributed by atoms with Gasteiger partial charge in [-0.2, -0.15) is 4.31 Å². The molecule has 0 unspecified atom stereocenters. The molecule has 1 aliphatic rings. The molecule has 1 fully saturated rings. The number of hydrogen-bond acceptors (Lipinski definition) is 4. The molecule has 1 amide bonds. The highest BCUT2D eigenvalue weighted by atomic mass is 32.2. The summed E-state index contributed by atoms with van der Waals surface area (Å²) in [5, 5.41) is 0.602. The standard InChI is InChI=1S/C21H20FN3O4S/c1-14(26)15-3-2-4-18(12-15)30(28,29)25-9-7-24(8-10-25)21(27)20-13-16-11-17(22)5-6-19(16)23-20/h2-6,11-13,23H,7-10H2,1H3. The Bertz CT molecular complexity index is 1240. The van der Waals surface area contributed by atoms with Crippen molar-refractivity contribution in [2.45, 2.75) is 11.8 Å². The van der Waals surface area contributed by atoms with E-state index in [4.69, 9.17) is 0 Å². The Morgan fingerprint density at radius 1 is 1.00 bits per heavy atom. The van der Waals surface area contributed by atoms with E-state index < -0.39 is 10.0 Å². The number of carbonyl (C=O) groups excluding carboxylic acids is 2. The number of piperazine rings is 1. The van der Waals surface area contributed by atoms with Gasteiger partial charge in [0.1, 0.15) is 11.5 Å². The van der Waals surface area contributed by atoms with Crippen LogP contribution in [0.4, 0.5) is 4.39 Å². The summed E-state index contributed by atoms with van der Waals surface area (Å²) in [7, 11) is -3.76. The van der Waals surface area contributed by atoms with Gasteiger partial charge in [0, 0.05) is 42.6 Å². The van der Waals surface area contributed by atoms with Gasteiger partial charge in [-0.3, -0.25) is 9.59 Å². The molecular formula is C21H20FN3O4S. The fourth-order valence-corrected chi connectivity index (χ4v) is 5.01. The Kier molecular flexibility index (Phi) is 5.17. The van der Waals surface area contributed by atoms with Crippen LogP contribution in [0.15, 0.2) is 53.4 Å². The molecule has 1 saturated heterocycles. The van der Waals surface area contributed by atoms with E-state index in [2.05, 4.69) is 4.98 Å². The summed E-state index contributed by atoms with van der Waals surface area (Å²) in [6, 6.07) is 11.8. The van der Waals surface area contributed by atoms with Gasteiger partial charge in [-0.1, -0.05) is 12.1 Å². The number of sulfonamides is 1. The Balaban J connectivity index is 1.48. The number of nitrogens with zero attached hydrogens (tertiary/aromatic N) is 2. The van der Waals surface area contributed by atoms with Gasteiger partial charge in [0.25, 0.3) is 5.91 Å². The molecule has 0 atom stereocenters. The predicted octanol–water partition coefficient (Wildman–Crippen LogP) is 2.66. The Hall–Kier alpha value is -3.04. The van der Waals surface area contributed by atoms with Crippen molar-refractivity contribution in [1.82, 2.24) is 14.2 Å². The quantitative estimate of drug-likeness (QED) is 0.646. The van der Waals surface area contributed by atoms with Gasteiger partial charge in [-0.05, 0) is 43.3 Å². The first-order valence-corrected chi connectivity index (χ1v) is 10.9. The molecule has 1 aromatic heterocycles. The summed E-state index contributed by atoms with van der Waals surface area (Å²) in [6.45, 7) is 2.14. The van der Waals surface area contributed by atoms with E-state index in [-0.39, 0.29) is 48.6 Å². The lowest BCUT2D eigenvalue weighted by Crippen LogP contribution is -2.50. The van der Waals surface area contributed by atoms with E-state index >= 15 is 0 Å². The zero-order chi connectivity index (χ0) is 21.5. The maximum Gasteiger partial charge on any atom is 0.270 e.